The molecule has 0 aliphatic rings. The van der Waals surface area contributed by atoms with Gasteiger partial charge >= 0.3 is 0 Å². The van der Waals surface area contributed by atoms with Crippen molar-refractivity contribution < 1.29 is 8.81 Å². The van der Waals surface area contributed by atoms with Gasteiger partial charge in [0.15, 0.2) is 0 Å². The highest BCUT2D eigenvalue weighted by molar-refractivity contribution is 6.31. The van der Waals surface area contributed by atoms with E-state index < -0.39 is 0 Å². The van der Waals surface area contributed by atoms with Crippen molar-refractivity contribution in [3.05, 3.63) is 58.8 Å². The summed E-state index contributed by atoms with van der Waals surface area (Å²) < 4.78 is 18.3. The highest BCUT2D eigenvalue weighted by atomic mass is 35.5. The van der Waals surface area contributed by atoms with Crippen LogP contribution in [-0.4, -0.2) is 0 Å². The Morgan fingerprint density at radius 3 is 2.88 bits per heavy atom. The van der Waals surface area contributed by atoms with Crippen molar-refractivity contribution in [1.29, 1.82) is 0 Å². The second kappa shape index (κ2) is 5.34. The predicted octanol–water partition coefficient (Wildman–Crippen LogP) is 3.70. The smallest absolute Gasteiger partial charge is 0.123 e. The summed E-state index contributed by atoms with van der Waals surface area (Å²) in [6, 6.07) is 7.66. The Kier molecular flexibility index (Phi) is 3.82. The molecule has 0 radical (unpaired) electrons. The molecular weight excluding hydrogens is 241 g/mol. The average Bonchev–Trinajstić information content (AvgIpc) is 2.82. The Morgan fingerprint density at radius 2 is 2.18 bits per heavy atom. The van der Waals surface area contributed by atoms with Crippen molar-refractivity contribution in [2.75, 3.05) is 0 Å². The van der Waals surface area contributed by atoms with Crippen LogP contribution in [0.4, 0.5) is 4.39 Å². The molecule has 0 bridgehead atoms. The van der Waals surface area contributed by atoms with Crippen molar-refractivity contribution in [3.63, 3.8) is 0 Å². The van der Waals surface area contributed by atoms with Crippen LogP contribution in [0.15, 0.2) is 41.0 Å². The molecule has 0 saturated heterocycles. The molecule has 2 nitrogen and oxygen atoms in total. The Morgan fingerprint density at radius 1 is 1.35 bits per heavy atom. The minimum Gasteiger partial charge on any atom is -0.469 e. The zero-order valence-corrected chi connectivity index (χ0v) is 9.95. The summed E-state index contributed by atoms with van der Waals surface area (Å²) in [6.45, 7) is 0. The molecule has 1 aromatic carbocycles. The third-order valence-corrected chi connectivity index (χ3v) is 2.98. The summed E-state index contributed by atoms with van der Waals surface area (Å²) in [5, 5.41) is 0.498. The van der Waals surface area contributed by atoms with Gasteiger partial charge < -0.3 is 10.2 Å². The number of rotatable bonds is 4. The first-order chi connectivity index (χ1) is 8.16. The van der Waals surface area contributed by atoms with Crippen molar-refractivity contribution in [2.45, 2.75) is 18.9 Å². The second-order valence-corrected chi connectivity index (χ2v) is 4.30. The van der Waals surface area contributed by atoms with Gasteiger partial charge in [-0.3, -0.25) is 0 Å². The third kappa shape index (κ3) is 3.08. The molecule has 1 heterocycles. The van der Waals surface area contributed by atoms with E-state index in [0.29, 0.717) is 23.4 Å². The van der Waals surface area contributed by atoms with Gasteiger partial charge in [-0.05, 0) is 42.3 Å². The Balaban J connectivity index is 2.04. The zero-order chi connectivity index (χ0) is 12.3. The SMILES string of the molecule is NC(CCc1ccco1)c1cc(F)ccc1Cl. The fourth-order valence-electron chi connectivity index (χ4n) is 1.71. The number of nitrogens with two attached hydrogens (primary N) is 1. The van der Waals surface area contributed by atoms with Crippen molar-refractivity contribution in [3.8, 4) is 0 Å². The molecule has 0 aliphatic carbocycles. The van der Waals surface area contributed by atoms with Gasteiger partial charge in [-0.1, -0.05) is 11.6 Å². The largest absolute Gasteiger partial charge is 0.469 e. The molecule has 2 aromatic rings. The first-order valence-corrected chi connectivity index (χ1v) is 5.77. The van der Waals surface area contributed by atoms with E-state index in [2.05, 4.69) is 0 Å². The quantitative estimate of drug-likeness (QED) is 0.902. The van der Waals surface area contributed by atoms with Gasteiger partial charge in [-0.15, -0.1) is 0 Å². The molecule has 1 atom stereocenters. The number of halogens is 2. The van der Waals surface area contributed by atoms with Gasteiger partial charge in [-0.25, -0.2) is 4.39 Å². The van der Waals surface area contributed by atoms with Crippen LogP contribution in [0.3, 0.4) is 0 Å². The second-order valence-electron chi connectivity index (χ2n) is 3.89. The maximum absolute atomic E-state index is 13.1. The van der Waals surface area contributed by atoms with E-state index in [1.165, 1.54) is 18.2 Å². The van der Waals surface area contributed by atoms with Gasteiger partial charge in [0.05, 0.1) is 6.26 Å². The van der Waals surface area contributed by atoms with Crippen LogP contribution >= 0.6 is 11.6 Å². The summed E-state index contributed by atoms with van der Waals surface area (Å²) in [6.07, 6.45) is 2.99. The molecule has 2 rings (SSSR count). The van der Waals surface area contributed by atoms with Crippen LogP contribution in [0, 0.1) is 5.82 Å². The molecule has 0 spiro atoms. The molecular formula is C13H13ClFNO. The predicted molar refractivity (Wildman–Crippen MR) is 65.4 cm³/mol. The topological polar surface area (TPSA) is 39.2 Å². The van der Waals surface area contributed by atoms with Gasteiger partial charge in [0.2, 0.25) is 0 Å². The van der Waals surface area contributed by atoms with E-state index in [1.54, 1.807) is 6.26 Å². The molecule has 0 amide bonds. The number of aryl methyl sites for hydroxylation is 1. The third-order valence-electron chi connectivity index (χ3n) is 2.64. The lowest BCUT2D eigenvalue weighted by Gasteiger charge is -2.13. The number of furan rings is 1. The molecule has 1 aromatic heterocycles. The van der Waals surface area contributed by atoms with Crippen molar-refractivity contribution in [2.24, 2.45) is 5.73 Å². The Labute approximate surface area is 104 Å². The van der Waals surface area contributed by atoms with Crippen LogP contribution in [0.2, 0.25) is 5.02 Å². The van der Waals surface area contributed by atoms with Crippen molar-refractivity contribution in [1.82, 2.24) is 0 Å². The number of benzene rings is 1. The standard InChI is InChI=1S/C13H13ClFNO/c14-12-5-3-9(15)8-11(12)13(16)6-4-10-2-1-7-17-10/h1-3,5,7-8,13H,4,6,16H2. The fraction of sp³-hybridized carbons (Fsp3) is 0.231. The molecule has 1 unspecified atom stereocenters. The molecule has 2 N–H and O–H groups in total. The zero-order valence-electron chi connectivity index (χ0n) is 9.20. The van der Waals surface area contributed by atoms with Gasteiger partial charge in [-0.2, -0.15) is 0 Å². The summed E-state index contributed by atoms with van der Waals surface area (Å²) >= 11 is 5.98. The van der Waals surface area contributed by atoms with E-state index in [1.807, 2.05) is 12.1 Å². The maximum atomic E-state index is 13.1. The van der Waals surface area contributed by atoms with E-state index in [4.69, 9.17) is 21.8 Å². The van der Waals surface area contributed by atoms with Crippen LogP contribution in [0.5, 0.6) is 0 Å². The normalized spacial score (nSPS) is 12.6. The van der Waals surface area contributed by atoms with Crippen LogP contribution in [0.1, 0.15) is 23.8 Å². The first-order valence-electron chi connectivity index (χ1n) is 5.39. The summed E-state index contributed by atoms with van der Waals surface area (Å²) in [5.74, 6) is 0.547. The molecule has 0 saturated carbocycles. The first kappa shape index (κ1) is 12.1. The van der Waals surface area contributed by atoms with Gasteiger partial charge in [0.1, 0.15) is 11.6 Å². The number of hydrogen-bond donors (Lipinski definition) is 1. The summed E-state index contributed by atoms with van der Waals surface area (Å²) in [5.41, 5.74) is 6.63. The molecule has 17 heavy (non-hydrogen) atoms. The number of hydrogen-bond acceptors (Lipinski definition) is 2. The average molecular weight is 254 g/mol. The minimum atomic E-state index is -0.321. The van der Waals surface area contributed by atoms with Crippen molar-refractivity contribution >= 4 is 11.6 Å². The summed E-state index contributed by atoms with van der Waals surface area (Å²) in [4.78, 5) is 0. The van der Waals surface area contributed by atoms with E-state index >= 15 is 0 Å². The van der Waals surface area contributed by atoms with E-state index in [-0.39, 0.29) is 11.9 Å². The van der Waals surface area contributed by atoms with Crippen LogP contribution < -0.4 is 5.73 Å². The Bertz CT molecular complexity index is 484. The molecule has 0 fully saturated rings. The Hall–Kier alpha value is -1.32. The van der Waals surface area contributed by atoms with Crippen LogP contribution in [0.25, 0.3) is 0 Å². The monoisotopic (exact) mass is 253 g/mol. The lowest BCUT2D eigenvalue weighted by molar-refractivity contribution is 0.488. The van der Waals surface area contributed by atoms with E-state index in [0.717, 1.165) is 5.76 Å². The van der Waals surface area contributed by atoms with Crippen LogP contribution in [-0.2, 0) is 6.42 Å². The maximum Gasteiger partial charge on any atom is 0.123 e. The molecule has 90 valence electrons. The lowest BCUT2D eigenvalue weighted by Crippen LogP contribution is -2.12. The summed E-state index contributed by atoms with van der Waals surface area (Å²) in [7, 11) is 0. The fourth-order valence-corrected chi connectivity index (χ4v) is 1.96. The molecule has 0 aliphatic heterocycles. The lowest BCUT2D eigenvalue weighted by atomic mass is 10.0. The van der Waals surface area contributed by atoms with E-state index in [9.17, 15) is 4.39 Å². The molecule has 4 heteroatoms. The van der Waals surface area contributed by atoms with Gasteiger partial charge in [0, 0.05) is 17.5 Å². The highest BCUT2D eigenvalue weighted by Gasteiger charge is 2.12. The minimum absolute atomic E-state index is 0.289. The highest BCUT2D eigenvalue weighted by Crippen LogP contribution is 2.25. The van der Waals surface area contributed by atoms with Gasteiger partial charge in [0.25, 0.3) is 0 Å².